The molecule has 0 saturated carbocycles. The van der Waals surface area contributed by atoms with Crippen LogP contribution in [0.5, 0.6) is 0 Å². The van der Waals surface area contributed by atoms with E-state index in [0.717, 1.165) is 12.1 Å². The highest BCUT2D eigenvalue weighted by Crippen LogP contribution is 2.34. The molecule has 1 atom stereocenters. The van der Waals surface area contributed by atoms with Crippen molar-refractivity contribution in [1.29, 1.82) is 0 Å². The molecule has 2 N–H and O–H groups in total. The Morgan fingerprint density at radius 1 is 1.42 bits per heavy atom. The van der Waals surface area contributed by atoms with Crippen LogP contribution in [0.4, 0.5) is 18.9 Å². The van der Waals surface area contributed by atoms with Gasteiger partial charge in [0, 0.05) is 16.9 Å². The number of nitrogens with one attached hydrogen (secondary N) is 2. The normalized spacial score (nSPS) is 13.2. The van der Waals surface area contributed by atoms with Gasteiger partial charge in [0.1, 0.15) is 0 Å². The Morgan fingerprint density at radius 2 is 2.05 bits per heavy atom. The lowest BCUT2D eigenvalue weighted by Crippen LogP contribution is -2.28. The molecule has 0 aliphatic heterocycles. The molecule has 19 heavy (non-hydrogen) atoms. The average molecular weight is 339 g/mol. The molecule has 1 aromatic rings. The van der Waals surface area contributed by atoms with E-state index < -0.39 is 11.7 Å². The monoisotopic (exact) mass is 338 g/mol. The van der Waals surface area contributed by atoms with Crippen LogP contribution in [-0.4, -0.2) is 19.5 Å². The van der Waals surface area contributed by atoms with Crippen LogP contribution in [0.25, 0.3) is 0 Å². The van der Waals surface area contributed by atoms with Crippen LogP contribution in [0.3, 0.4) is 0 Å². The summed E-state index contributed by atoms with van der Waals surface area (Å²) in [5.74, 6) is -0.680. The summed E-state index contributed by atoms with van der Waals surface area (Å²) in [5.41, 5.74) is -0.685. The molecule has 3 nitrogen and oxygen atoms in total. The van der Waals surface area contributed by atoms with Crippen molar-refractivity contribution in [1.82, 2.24) is 5.32 Å². The zero-order valence-corrected chi connectivity index (χ0v) is 12.0. The topological polar surface area (TPSA) is 41.1 Å². The van der Waals surface area contributed by atoms with E-state index in [9.17, 15) is 18.0 Å². The van der Waals surface area contributed by atoms with Crippen LogP contribution in [0.15, 0.2) is 22.7 Å². The number of anilines is 1. The van der Waals surface area contributed by atoms with Crippen LogP contribution >= 0.6 is 15.9 Å². The van der Waals surface area contributed by atoms with Gasteiger partial charge in [-0.3, -0.25) is 4.79 Å². The average Bonchev–Trinajstić information content (AvgIpc) is 2.30. The highest BCUT2D eigenvalue weighted by atomic mass is 79.9. The van der Waals surface area contributed by atoms with Crippen molar-refractivity contribution in [2.24, 2.45) is 5.92 Å². The van der Waals surface area contributed by atoms with Gasteiger partial charge in [0.05, 0.1) is 11.3 Å². The molecule has 1 unspecified atom stereocenters. The SMILES string of the molecule is CNCC(C)C(=O)Nc1cc(C(F)(F)F)ccc1Br. The lowest BCUT2D eigenvalue weighted by atomic mass is 10.1. The predicted molar refractivity (Wildman–Crippen MR) is 70.9 cm³/mol. The van der Waals surface area contributed by atoms with Crippen LogP contribution in [-0.2, 0) is 11.0 Å². The van der Waals surface area contributed by atoms with Crippen LogP contribution in [0.2, 0.25) is 0 Å². The van der Waals surface area contributed by atoms with E-state index in [4.69, 9.17) is 0 Å². The third kappa shape index (κ3) is 4.50. The summed E-state index contributed by atoms with van der Waals surface area (Å²) in [4.78, 5) is 11.8. The zero-order valence-electron chi connectivity index (χ0n) is 10.4. The Labute approximate surface area is 117 Å². The highest BCUT2D eigenvalue weighted by Gasteiger charge is 2.31. The maximum atomic E-state index is 12.6. The van der Waals surface area contributed by atoms with Gasteiger partial charge < -0.3 is 10.6 Å². The third-order valence-electron chi connectivity index (χ3n) is 2.51. The Balaban J connectivity index is 2.92. The summed E-state index contributed by atoms with van der Waals surface area (Å²) >= 11 is 3.12. The second-order valence-electron chi connectivity index (χ2n) is 4.14. The first kappa shape index (κ1) is 16.0. The Hall–Kier alpha value is -1.08. The number of alkyl halides is 3. The minimum atomic E-state index is -4.43. The first-order valence-corrected chi connectivity index (χ1v) is 6.37. The first-order chi connectivity index (χ1) is 8.75. The molecule has 1 amide bonds. The number of carbonyl (C=O) groups is 1. The van der Waals surface area contributed by atoms with Crippen LogP contribution in [0, 0.1) is 5.92 Å². The fraction of sp³-hybridized carbons (Fsp3) is 0.417. The summed E-state index contributed by atoms with van der Waals surface area (Å²) in [5, 5.41) is 5.31. The van der Waals surface area contributed by atoms with Gasteiger partial charge in [-0.25, -0.2) is 0 Å². The first-order valence-electron chi connectivity index (χ1n) is 5.58. The molecule has 7 heteroatoms. The van der Waals surface area contributed by atoms with Gasteiger partial charge in [-0.15, -0.1) is 0 Å². The smallest absolute Gasteiger partial charge is 0.325 e. The molecule has 0 spiro atoms. The number of carbonyl (C=O) groups excluding carboxylic acids is 1. The Kier molecular flexibility index (Phi) is 5.37. The van der Waals surface area contributed by atoms with Crippen LogP contribution in [0.1, 0.15) is 12.5 Å². The zero-order chi connectivity index (χ0) is 14.6. The molecule has 106 valence electrons. The van der Waals surface area contributed by atoms with E-state index in [0.29, 0.717) is 11.0 Å². The minimum absolute atomic E-state index is 0.114. The van der Waals surface area contributed by atoms with E-state index in [1.165, 1.54) is 6.07 Å². The van der Waals surface area contributed by atoms with Crippen molar-refractivity contribution in [3.63, 3.8) is 0 Å². The second-order valence-corrected chi connectivity index (χ2v) is 4.99. The van der Waals surface area contributed by atoms with Crippen LogP contribution < -0.4 is 10.6 Å². The fourth-order valence-electron chi connectivity index (χ4n) is 1.45. The van der Waals surface area contributed by atoms with Gasteiger partial charge in [0.25, 0.3) is 0 Å². The summed E-state index contributed by atoms with van der Waals surface area (Å²) < 4.78 is 38.1. The van der Waals surface area contributed by atoms with Gasteiger partial charge in [0.15, 0.2) is 0 Å². The molecule has 0 saturated heterocycles. The predicted octanol–water partition coefficient (Wildman–Crippen LogP) is 3.26. The fourth-order valence-corrected chi connectivity index (χ4v) is 1.80. The van der Waals surface area contributed by atoms with Crippen molar-refractivity contribution < 1.29 is 18.0 Å². The molecule has 0 fully saturated rings. The van der Waals surface area contributed by atoms with Gasteiger partial charge >= 0.3 is 6.18 Å². The number of amides is 1. The number of benzene rings is 1. The van der Waals surface area contributed by atoms with Crippen molar-refractivity contribution in [3.05, 3.63) is 28.2 Å². The maximum absolute atomic E-state index is 12.6. The summed E-state index contributed by atoms with van der Waals surface area (Å²) in [6, 6.07) is 3.13. The van der Waals surface area contributed by atoms with Crippen molar-refractivity contribution in [3.8, 4) is 0 Å². The van der Waals surface area contributed by atoms with Crippen molar-refractivity contribution in [2.75, 3.05) is 18.9 Å². The van der Waals surface area contributed by atoms with Gasteiger partial charge in [-0.05, 0) is 41.2 Å². The quantitative estimate of drug-likeness (QED) is 0.884. The highest BCUT2D eigenvalue weighted by molar-refractivity contribution is 9.10. The molecule has 0 radical (unpaired) electrons. The number of hydrogen-bond donors (Lipinski definition) is 2. The third-order valence-corrected chi connectivity index (χ3v) is 3.20. The molecule has 0 bridgehead atoms. The number of halogens is 4. The van der Waals surface area contributed by atoms with Crippen molar-refractivity contribution in [2.45, 2.75) is 13.1 Å². The summed E-state index contributed by atoms with van der Waals surface area (Å²) in [7, 11) is 1.70. The van der Waals surface area contributed by atoms with E-state index >= 15 is 0 Å². The van der Waals surface area contributed by atoms with Gasteiger partial charge in [0.2, 0.25) is 5.91 Å². The van der Waals surface area contributed by atoms with Gasteiger partial charge in [-0.1, -0.05) is 6.92 Å². The molecule has 0 aliphatic carbocycles. The molecule has 0 aromatic heterocycles. The molecular weight excluding hydrogens is 325 g/mol. The molecule has 1 rings (SSSR count). The van der Waals surface area contributed by atoms with E-state index in [2.05, 4.69) is 26.6 Å². The van der Waals surface area contributed by atoms with Gasteiger partial charge in [-0.2, -0.15) is 13.2 Å². The maximum Gasteiger partial charge on any atom is 0.416 e. The van der Waals surface area contributed by atoms with E-state index in [-0.39, 0.29) is 17.5 Å². The summed E-state index contributed by atoms with van der Waals surface area (Å²) in [6.07, 6.45) is -4.43. The van der Waals surface area contributed by atoms with E-state index in [1.807, 2.05) is 0 Å². The summed E-state index contributed by atoms with van der Waals surface area (Å²) in [6.45, 7) is 2.13. The largest absolute Gasteiger partial charge is 0.416 e. The molecule has 1 aromatic carbocycles. The van der Waals surface area contributed by atoms with Crippen molar-refractivity contribution >= 4 is 27.5 Å². The number of rotatable bonds is 4. The lowest BCUT2D eigenvalue weighted by Gasteiger charge is -2.14. The minimum Gasteiger partial charge on any atom is -0.325 e. The standard InChI is InChI=1S/C12H14BrF3N2O/c1-7(6-17-2)11(19)18-10-5-8(12(14,15)16)3-4-9(10)13/h3-5,7,17H,6H2,1-2H3,(H,18,19). The molecule has 0 heterocycles. The Bertz CT molecular complexity index is 463. The second kappa shape index (κ2) is 6.38. The lowest BCUT2D eigenvalue weighted by molar-refractivity contribution is -0.137. The molecule has 0 aliphatic rings. The van der Waals surface area contributed by atoms with E-state index in [1.54, 1.807) is 14.0 Å². The molecular formula is C12H14BrF3N2O. The Morgan fingerprint density at radius 3 is 2.58 bits per heavy atom. The number of hydrogen-bond acceptors (Lipinski definition) is 2.